The summed E-state index contributed by atoms with van der Waals surface area (Å²) in [6, 6.07) is 6.89. The van der Waals surface area contributed by atoms with Gasteiger partial charge in [-0.2, -0.15) is 13.2 Å². The lowest BCUT2D eigenvalue weighted by atomic mass is 10.1. The van der Waals surface area contributed by atoms with Crippen molar-refractivity contribution in [2.24, 2.45) is 0 Å². The highest BCUT2D eigenvalue weighted by molar-refractivity contribution is 7.92. The van der Waals surface area contributed by atoms with Gasteiger partial charge in [0.1, 0.15) is 0 Å². The highest BCUT2D eigenvalue weighted by Gasteiger charge is 2.31. The summed E-state index contributed by atoms with van der Waals surface area (Å²) in [7, 11) is -3.53. The molecule has 2 heterocycles. The van der Waals surface area contributed by atoms with Gasteiger partial charge in [-0.05, 0) is 56.7 Å². The van der Waals surface area contributed by atoms with Crippen LogP contribution >= 0.6 is 22.9 Å². The number of hydrogen-bond acceptors (Lipinski definition) is 5. The molecule has 1 aromatic carbocycles. The number of aromatic nitrogens is 1. The molecule has 6 nitrogen and oxygen atoms in total. The van der Waals surface area contributed by atoms with Crippen molar-refractivity contribution >= 4 is 50.2 Å². The van der Waals surface area contributed by atoms with Crippen LogP contribution in [0, 0.1) is 13.8 Å². The molecular formula is C21H19ClF3N3O3S2. The van der Waals surface area contributed by atoms with Crippen LogP contribution < -0.4 is 10.0 Å². The Morgan fingerprint density at radius 3 is 2.39 bits per heavy atom. The van der Waals surface area contributed by atoms with Gasteiger partial charge in [-0.3, -0.25) is 14.5 Å². The van der Waals surface area contributed by atoms with E-state index in [1.807, 2.05) is 0 Å². The molecule has 3 aromatic rings. The average molecular weight is 518 g/mol. The Labute approximate surface area is 197 Å². The van der Waals surface area contributed by atoms with Gasteiger partial charge >= 0.3 is 6.18 Å². The van der Waals surface area contributed by atoms with E-state index in [-0.39, 0.29) is 22.2 Å². The number of benzene rings is 1. The fourth-order valence-corrected chi connectivity index (χ4v) is 4.78. The second kappa shape index (κ2) is 9.32. The number of hydrogen-bond donors (Lipinski definition) is 2. The molecule has 0 spiro atoms. The van der Waals surface area contributed by atoms with Gasteiger partial charge in [0.15, 0.2) is 0 Å². The molecule has 2 aromatic heterocycles. The molecule has 1 amide bonds. The number of halogens is 4. The van der Waals surface area contributed by atoms with Crippen molar-refractivity contribution in [2.75, 3.05) is 15.8 Å². The van der Waals surface area contributed by atoms with E-state index in [0.29, 0.717) is 26.6 Å². The number of amides is 1. The molecule has 0 fully saturated rings. The maximum absolute atomic E-state index is 12.9. The third-order valence-electron chi connectivity index (χ3n) is 4.61. The minimum atomic E-state index is -4.49. The summed E-state index contributed by atoms with van der Waals surface area (Å²) in [5.41, 5.74) is 0.879. The van der Waals surface area contributed by atoms with E-state index in [2.05, 4.69) is 15.0 Å². The molecule has 0 saturated carbocycles. The number of thiophene rings is 1. The lowest BCUT2D eigenvalue weighted by molar-refractivity contribution is -0.137. The van der Waals surface area contributed by atoms with Crippen LogP contribution in [0.3, 0.4) is 0 Å². The minimum Gasteiger partial charge on any atom is -0.321 e. The number of nitrogens with one attached hydrogen (secondary N) is 2. The van der Waals surface area contributed by atoms with Gasteiger partial charge in [-0.1, -0.05) is 11.6 Å². The monoisotopic (exact) mass is 517 g/mol. The third-order valence-corrected chi connectivity index (χ3v) is 7.19. The number of carbonyl (C=O) groups is 1. The Morgan fingerprint density at radius 1 is 1.12 bits per heavy atom. The molecule has 0 aliphatic rings. The average Bonchev–Trinajstić information content (AvgIpc) is 3.08. The van der Waals surface area contributed by atoms with Crippen LogP contribution in [-0.4, -0.2) is 25.1 Å². The van der Waals surface area contributed by atoms with E-state index >= 15 is 0 Å². The number of sulfonamides is 1. The third kappa shape index (κ3) is 6.04. The second-order valence-electron chi connectivity index (χ2n) is 7.16. The Balaban J connectivity index is 1.86. The molecule has 0 atom stereocenters. The highest BCUT2D eigenvalue weighted by Crippen LogP contribution is 2.35. The standard InChI is InChI=1S/C21H19ClF3N3O3S2/c1-4-33(30,31)28-16-7-14(22)6-15(8-16)27-20(29)18-9-17(12(3)32-18)19-11(2)5-13(10-26-19)21(23,24)25/h5-10,28H,4H2,1-3H3,(H,27,29). The molecule has 0 aliphatic carbocycles. The maximum atomic E-state index is 12.9. The molecular weight excluding hydrogens is 499 g/mol. The second-order valence-corrected chi connectivity index (χ2v) is 10.9. The predicted molar refractivity (Wildman–Crippen MR) is 125 cm³/mol. The fourth-order valence-electron chi connectivity index (χ4n) is 3.01. The summed E-state index contributed by atoms with van der Waals surface area (Å²) in [5.74, 6) is -0.610. The Bertz CT molecular complexity index is 1320. The smallest absolute Gasteiger partial charge is 0.321 e. The van der Waals surface area contributed by atoms with Crippen LogP contribution in [0.25, 0.3) is 11.3 Å². The van der Waals surface area contributed by atoms with E-state index in [9.17, 15) is 26.4 Å². The largest absolute Gasteiger partial charge is 0.417 e. The Morgan fingerprint density at radius 2 is 1.79 bits per heavy atom. The van der Waals surface area contributed by atoms with Gasteiger partial charge in [0.05, 0.1) is 27.6 Å². The van der Waals surface area contributed by atoms with Gasteiger partial charge in [-0.15, -0.1) is 11.3 Å². The van der Waals surface area contributed by atoms with Gasteiger partial charge in [-0.25, -0.2) is 8.42 Å². The summed E-state index contributed by atoms with van der Waals surface area (Å²) in [4.78, 5) is 17.8. The SMILES string of the molecule is CCS(=O)(=O)Nc1cc(Cl)cc(NC(=O)c2cc(-c3ncc(C(F)(F)F)cc3C)c(C)s2)c1. The van der Waals surface area contributed by atoms with E-state index < -0.39 is 27.7 Å². The summed E-state index contributed by atoms with van der Waals surface area (Å²) >= 11 is 7.21. The fraction of sp³-hybridized carbons (Fsp3) is 0.238. The molecule has 0 aliphatic heterocycles. The normalized spacial score (nSPS) is 12.0. The number of carbonyl (C=O) groups excluding carboxylic acids is 1. The molecule has 176 valence electrons. The van der Waals surface area contributed by atoms with Gasteiger partial charge in [0.25, 0.3) is 5.91 Å². The molecule has 0 saturated heterocycles. The quantitative estimate of drug-likeness (QED) is 0.412. The lowest BCUT2D eigenvalue weighted by Crippen LogP contribution is -2.15. The van der Waals surface area contributed by atoms with Crippen molar-refractivity contribution in [3.8, 4) is 11.3 Å². The topological polar surface area (TPSA) is 88.2 Å². The Kier molecular flexibility index (Phi) is 7.06. The van der Waals surface area contributed by atoms with Crippen LogP contribution in [0.2, 0.25) is 5.02 Å². The van der Waals surface area contributed by atoms with Crippen molar-refractivity contribution in [2.45, 2.75) is 26.9 Å². The summed E-state index contributed by atoms with van der Waals surface area (Å²) in [6.07, 6.45) is -3.73. The van der Waals surface area contributed by atoms with Crippen molar-refractivity contribution in [3.63, 3.8) is 0 Å². The number of alkyl halides is 3. The van der Waals surface area contributed by atoms with Crippen molar-refractivity contribution < 1.29 is 26.4 Å². The van der Waals surface area contributed by atoms with Crippen LogP contribution in [0.1, 0.15) is 32.6 Å². The van der Waals surface area contributed by atoms with E-state index in [4.69, 9.17) is 11.6 Å². The first kappa shape index (κ1) is 25.0. The zero-order valence-corrected chi connectivity index (χ0v) is 20.1. The number of rotatable bonds is 6. The van der Waals surface area contributed by atoms with E-state index in [0.717, 1.165) is 23.6 Å². The number of aryl methyl sites for hydroxylation is 2. The first-order valence-electron chi connectivity index (χ1n) is 9.56. The molecule has 3 rings (SSSR count). The van der Waals surface area contributed by atoms with Gasteiger partial charge < -0.3 is 5.32 Å². The van der Waals surface area contributed by atoms with Crippen molar-refractivity contribution in [3.05, 3.63) is 62.4 Å². The molecule has 2 N–H and O–H groups in total. The zero-order valence-electron chi connectivity index (χ0n) is 17.7. The summed E-state index contributed by atoms with van der Waals surface area (Å²) < 4.78 is 64.8. The predicted octanol–water partition coefficient (Wildman–Crippen LogP) is 6.11. The molecule has 0 bridgehead atoms. The molecule has 0 radical (unpaired) electrons. The van der Waals surface area contributed by atoms with Crippen LogP contribution in [0.15, 0.2) is 36.5 Å². The number of nitrogens with zero attached hydrogens (tertiary/aromatic N) is 1. The van der Waals surface area contributed by atoms with E-state index in [1.165, 1.54) is 32.0 Å². The Hall–Kier alpha value is -2.63. The van der Waals surface area contributed by atoms with Crippen LogP contribution in [0.4, 0.5) is 24.5 Å². The van der Waals surface area contributed by atoms with Crippen molar-refractivity contribution in [1.29, 1.82) is 0 Å². The molecule has 33 heavy (non-hydrogen) atoms. The van der Waals surface area contributed by atoms with Gasteiger partial charge in [0.2, 0.25) is 10.0 Å². The number of anilines is 2. The summed E-state index contributed by atoms with van der Waals surface area (Å²) in [6.45, 7) is 4.76. The highest BCUT2D eigenvalue weighted by atomic mass is 35.5. The summed E-state index contributed by atoms with van der Waals surface area (Å²) in [5, 5.41) is 2.88. The number of pyridine rings is 1. The minimum absolute atomic E-state index is 0.129. The maximum Gasteiger partial charge on any atom is 0.417 e. The zero-order chi connectivity index (χ0) is 24.6. The first-order valence-corrected chi connectivity index (χ1v) is 12.4. The van der Waals surface area contributed by atoms with Crippen LogP contribution in [-0.2, 0) is 16.2 Å². The van der Waals surface area contributed by atoms with Crippen LogP contribution in [0.5, 0.6) is 0 Å². The van der Waals surface area contributed by atoms with E-state index in [1.54, 1.807) is 13.0 Å². The van der Waals surface area contributed by atoms with Gasteiger partial charge in [0, 0.05) is 27.3 Å². The van der Waals surface area contributed by atoms with Crippen molar-refractivity contribution in [1.82, 2.24) is 4.98 Å². The lowest BCUT2D eigenvalue weighted by Gasteiger charge is -2.10. The molecule has 12 heteroatoms. The molecule has 0 unspecified atom stereocenters. The first-order chi connectivity index (χ1) is 15.3.